The molecule has 17 heavy (non-hydrogen) atoms. The van der Waals surface area contributed by atoms with Crippen molar-refractivity contribution < 1.29 is 0 Å². The molecule has 0 aliphatic carbocycles. The second-order valence-electron chi connectivity index (χ2n) is 4.15. The maximum Gasteiger partial charge on any atom is 0.330 e. The molecule has 2 aromatic heterocycles. The Bertz CT molecular complexity index is 723. The van der Waals surface area contributed by atoms with Crippen LogP contribution in [-0.4, -0.2) is 9.38 Å². The van der Waals surface area contributed by atoms with Gasteiger partial charge in [-0.25, -0.2) is 4.79 Å². The maximum absolute atomic E-state index is 11.8. The van der Waals surface area contributed by atoms with Gasteiger partial charge in [0.1, 0.15) is 0 Å². The van der Waals surface area contributed by atoms with Gasteiger partial charge in [0, 0.05) is 17.5 Å². The van der Waals surface area contributed by atoms with Gasteiger partial charge >= 0.3 is 5.69 Å². The minimum atomic E-state index is -0.0952. The van der Waals surface area contributed by atoms with Gasteiger partial charge in [0.25, 0.3) is 0 Å². The highest BCUT2D eigenvalue weighted by molar-refractivity contribution is 5.70. The Hall–Kier alpha value is -2.29. The molecule has 0 amide bonds. The van der Waals surface area contributed by atoms with Crippen LogP contribution in [0, 0.1) is 6.92 Å². The van der Waals surface area contributed by atoms with Crippen molar-refractivity contribution in [3.05, 3.63) is 64.8 Å². The lowest BCUT2D eigenvalue weighted by atomic mass is 10.1. The van der Waals surface area contributed by atoms with E-state index in [4.69, 9.17) is 0 Å². The summed E-state index contributed by atoms with van der Waals surface area (Å²) in [7, 11) is 0. The zero-order valence-corrected chi connectivity index (χ0v) is 9.47. The lowest BCUT2D eigenvalue weighted by Crippen LogP contribution is -2.15. The quantitative estimate of drug-likeness (QED) is 0.677. The molecule has 0 bridgehead atoms. The first-order valence-electron chi connectivity index (χ1n) is 5.51. The average Bonchev–Trinajstić information content (AvgIpc) is 2.74. The van der Waals surface area contributed by atoms with Gasteiger partial charge in [0.15, 0.2) is 0 Å². The normalized spacial score (nSPS) is 10.9. The topological polar surface area (TPSA) is 37.3 Å². The van der Waals surface area contributed by atoms with Crippen molar-refractivity contribution >= 4 is 5.52 Å². The van der Waals surface area contributed by atoms with E-state index in [1.165, 1.54) is 0 Å². The van der Waals surface area contributed by atoms with Gasteiger partial charge in [0.2, 0.25) is 0 Å². The Balaban J connectivity index is 2.28. The predicted molar refractivity (Wildman–Crippen MR) is 68.2 cm³/mol. The van der Waals surface area contributed by atoms with Crippen LogP contribution in [0.2, 0.25) is 0 Å². The van der Waals surface area contributed by atoms with Crippen LogP contribution < -0.4 is 5.69 Å². The molecule has 0 unspecified atom stereocenters. The van der Waals surface area contributed by atoms with Crippen LogP contribution in [0.1, 0.15) is 5.69 Å². The second-order valence-corrected chi connectivity index (χ2v) is 4.15. The van der Waals surface area contributed by atoms with Crippen molar-refractivity contribution in [3.8, 4) is 11.1 Å². The number of nitrogens with one attached hydrogen (secondary N) is 1. The first kappa shape index (κ1) is 9.90. The van der Waals surface area contributed by atoms with Crippen molar-refractivity contribution in [2.24, 2.45) is 0 Å². The van der Waals surface area contributed by atoms with Gasteiger partial charge in [-0.1, -0.05) is 30.3 Å². The molecule has 3 heteroatoms. The number of rotatable bonds is 1. The molecule has 2 heterocycles. The summed E-state index contributed by atoms with van der Waals surface area (Å²) < 4.78 is 1.63. The summed E-state index contributed by atoms with van der Waals surface area (Å²) in [6, 6.07) is 14.0. The molecular formula is C14H12N2O. The minimum Gasteiger partial charge on any atom is -0.311 e. The number of aromatic amines is 1. The van der Waals surface area contributed by atoms with E-state index in [2.05, 4.69) is 4.98 Å². The Labute approximate surface area is 98.4 Å². The molecule has 84 valence electrons. The number of hydrogen-bond acceptors (Lipinski definition) is 1. The van der Waals surface area contributed by atoms with Crippen LogP contribution >= 0.6 is 0 Å². The summed E-state index contributed by atoms with van der Waals surface area (Å²) in [5.41, 5.74) is 3.88. The van der Waals surface area contributed by atoms with Crippen molar-refractivity contribution in [2.45, 2.75) is 6.92 Å². The summed E-state index contributed by atoms with van der Waals surface area (Å²) in [6.07, 6.45) is 1.86. The van der Waals surface area contributed by atoms with E-state index in [-0.39, 0.29) is 5.69 Å². The van der Waals surface area contributed by atoms with E-state index in [1.54, 1.807) is 4.40 Å². The van der Waals surface area contributed by atoms with Crippen LogP contribution in [0.4, 0.5) is 0 Å². The third kappa shape index (κ3) is 1.65. The first-order valence-corrected chi connectivity index (χ1v) is 5.51. The molecule has 0 aliphatic heterocycles. The highest BCUT2D eigenvalue weighted by Gasteiger charge is 2.04. The van der Waals surface area contributed by atoms with Gasteiger partial charge in [-0.05, 0) is 24.6 Å². The third-order valence-electron chi connectivity index (χ3n) is 2.84. The standard InChI is InChI=1S/C14H12N2O/c1-10-7-13-8-12(9-16(13)14(17)15-10)11-5-3-2-4-6-11/h2-9H,1H3,(H,15,17). The Morgan fingerprint density at radius 2 is 1.82 bits per heavy atom. The first-order chi connectivity index (χ1) is 8.24. The van der Waals surface area contributed by atoms with Gasteiger partial charge in [-0.2, -0.15) is 0 Å². The fraction of sp³-hybridized carbons (Fsp3) is 0.0714. The molecule has 1 aromatic carbocycles. The summed E-state index contributed by atoms with van der Waals surface area (Å²) in [5, 5.41) is 0. The molecule has 3 rings (SSSR count). The van der Waals surface area contributed by atoms with Crippen molar-refractivity contribution in [3.63, 3.8) is 0 Å². The predicted octanol–water partition coefficient (Wildman–Crippen LogP) is 2.60. The summed E-state index contributed by atoms with van der Waals surface area (Å²) in [5.74, 6) is 0. The molecule has 0 aliphatic rings. The number of H-pyrrole nitrogens is 1. The second kappa shape index (κ2) is 3.63. The van der Waals surface area contributed by atoms with Gasteiger partial charge in [-0.3, -0.25) is 4.40 Å². The lowest BCUT2D eigenvalue weighted by molar-refractivity contribution is 0.979. The minimum absolute atomic E-state index is 0.0952. The molecule has 0 saturated heterocycles. The van der Waals surface area contributed by atoms with E-state index < -0.39 is 0 Å². The van der Waals surface area contributed by atoms with Crippen molar-refractivity contribution in [1.29, 1.82) is 0 Å². The molecule has 0 atom stereocenters. The summed E-state index contributed by atoms with van der Waals surface area (Å²) in [6.45, 7) is 1.89. The molecule has 3 nitrogen and oxygen atoms in total. The molecule has 0 spiro atoms. The van der Waals surface area contributed by atoms with Crippen molar-refractivity contribution in [1.82, 2.24) is 9.38 Å². The molecular weight excluding hydrogens is 212 g/mol. The number of fused-ring (bicyclic) bond motifs is 1. The maximum atomic E-state index is 11.8. The van der Waals surface area contributed by atoms with Crippen LogP contribution in [0.5, 0.6) is 0 Å². The van der Waals surface area contributed by atoms with Gasteiger partial charge < -0.3 is 4.98 Å². The number of benzene rings is 1. The van der Waals surface area contributed by atoms with E-state index >= 15 is 0 Å². The lowest BCUT2D eigenvalue weighted by Gasteiger charge is -1.94. The number of nitrogens with zero attached hydrogens (tertiary/aromatic N) is 1. The van der Waals surface area contributed by atoms with Crippen LogP contribution in [0.15, 0.2) is 53.5 Å². The number of aryl methyl sites for hydroxylation is 1. The van der Waals surface area contributed by atoms with E-state index in [1.807, 2.05) is 55.6 Å². The zero-order valence-electron chi connectivity index (χ0n) is 9.47. The third-order valence-corrected chi connectivity index (χ3v) is 2.84. The highest BCUT2D eigenvalue weighted by Crippen LogP contribution is 2.21. The molecule has 0 saturated carbocycles. The van der Waals surface area contributed by atoms with E-state index in [0.29, 0.717) is 0 Å². The molecule has 1 N–H and O–H groups in total. The fourth-order valence-electron chi connectivity index (χ4n) is 2.04. The van der Waals surface area contributed by atoms with Crippen LogP contribution in [0.25, 0.3) is 16.6 Å². The molecule has 3 aromatic rings. The highest BCUT2D eigenvalue weighted by atomic mass is 16.1. The summed E-state index contributed by atoms with van der Waals surface area (Å²) in [4.78, 5) is 14.5. The number of hydrogen-bond donors (Lipinski definition) is 1. The van der Waals surface area contributed by atoms with E-state index in [9.17, 15) is 4.79 Å². The van der Waals surface area contributed by atoms with Gasteiger partial charge in [0.05, 0.1) is 5.52 Å². The van der Waals surface area contributed by atoms with Gasteiger partial charge in [-0.15, -0.1) is 0 Å². The van der Waals surface area contributed by atoms with Crippen LogP contribution in [0.3, 0.4) is 0 Å². The molecule has 0 radical (unpaired) electrons. The van der Waals surface area contributed by atoms with Crippen LogP contribution in [-0.2, 0) is 0 Å². The Morgan fingerprint density at radius 3 is 2.59 bits per heavy atom. The fourth-order valence-corrected chi connectivity index (χ4v) is 2.04. The average molecular weight is 224 g/mol. The SMILES string of the molecule is Cc1cc2cc(-c3ccccc3)cn2c(=O)[nH]1. The largest absolute Gasteiger partial charge is 0.330 e. The smallest absolute Gasteiger partial charge is 0.311 e. The monoisotopic (exact) mass is 224 g/mol. The van der Waals surface area contributed by atoms with E-state index in [0.717, 1.165) is 22.3 Å². The summed E-state index contributed by atoms with van der Waals surface area (Å²) >= 11 is 0. The Kier molecular flexibility index (Phi) is 2.11. The number of aromatic nitrogens is 2. The Morgan fingerprint density at radius 1 is 1.06 bits per heavy atom. The molecule has 0 fully saturated rings. The van der Waals surface area contributed by atoms with Crippen molar-refractivity contribution in [2.75, 3.05) is 0 Å². The zero-order chi connectivity index (χ0) is 11.8.